The zero-order chi connectivity index (χ0) is 21.0. The first-order valence-electron chi connectivity index (χ1n) is 12.2. The molecule has 2 aromatic rings. The molecule has 1 saturated heterocycles. The second-order valence-electron chi connectivity index (χ2n) is 8.97. The van der Waals surface area contributed by atoms with Crippen LogP contribution in [0.4, 0.5) is 0 Å². The highest BCUT2D eigenvalue weighted by Gasteiger charge is 2.35. The van der Waals surface area contributed by atoms with E-state index >= 15 is 0 Å². The fraction of sp³-hybridized carbons (Fsp3) is 0.571. The summed E-state index contributed by atoms with van der Waals surface area (Å²) in [6, 6.07) is 23.1. The van der Waals surface area contributed by atoms with Gasteiger partial charge in [0.1, 0.15) is 0 Å². The number of hydrogen-bond donors (Lipinski definition) is 0. The summed E-state index contributed by atoms with van der Waals surface area (Å²) in [5.74, 6) is 0.834. The summed E-state index contributed by atoms with van der Waals surface area (Å²) in [4.78, 5) is 2.87. The van der Waals surface area contributed by atoms with Gasteiger partial charge in [-0.15, -0.1) is 0 Å². The zero-order valence-electron chi connectivity index (χ0n) is 19.1. The Bertz CT molecular complexity index is 686. The Hall–Kier alpha value is -1.64. The molecule has 2 nitrogen and oxygen atoms in total. The Morgan fingerprint density at radius 2 is 1.47 bits per heavy atom. The maximum Gasteiger partial charge on any atom is 0.0716 e. The minimum atomic E-state index is 0.691. The van der Waals surface area contributed by atoms with Crippen LogP contribution in [-0.2, 0) is 17.9 Å². The second-order valence-corrected chi connectivity index (χ2v) is 8.97. The molecule has 1 heterocycles. The molecule has 1 aliphatic rings. The van der Waals surface area contributed by atoms with Gasteiger partial charge in [-0.05, 0) is 55.6 Å². The van der Waals surface area contributed by atoms with Crippen LogP contribution < -0.4 is 0 Å². The molecular formula is C28H41NO. The summed E-state index contributed by atoms with van der Waals surface area (Å²) in [6.07, 6.45) is 10.4. The normalized spacial score (nSPS) is 22.3. The van der Waals surface area contributed by atoms with Crippen molar-refractivity contribution in [1.29, 1.82) is 0 Å². The number of hydrogen-bond acceptors (Lipinski definition) is 2. The van der Waals surface area contributed by atoms with E-state index in [4.69, 9.17) is 4.74 Å². The van der Waals surface area contributed by atoms with Crippen molar-refractivity contribution >= 4 is 0 Å². The molecule has 0 aliphatic carbocycles. The Morgan fingerprint density at radius 3 is 2.13 bits per heavy atom. The predicted octanol–water partition coefficient (Wildman–Crippen LogP) is 7.23. The molecule has 2 heteroatoms. The molecule has 0 radical (unpaired) electrons. The molecule has 0 bridgehead atoms. The van der Waals surface area contributed by atoms with E-state index in [-0.39, 0.29) is 0 Å². The number of nitrogens with zero attached hydrogens (tertiary/aromatic N) is 1. The van der Waals surface area contributed by atoms with Crippen LogP contribution in [0.3, 0.4) is 0 Å². The monoisotopic (exact) mass is 407 g/mol. The summed E-state index contributed by atoms with van der Waals surface area (Å²) in [5, 5.41) is 0. The number of likely N-dealkylation sites (tertiary alicyclic amines) is 1. The lowest BCUT2D eigenvalue weighted by molar-refractivity contribution is 0.0118. The number of benzene rings is 2. The van der Waals surface area contributed by atoms with Crippen LogP contribution in [0.25, 0.3) is 0 Å². The fourth-order valence-corrected chi connectivity index (χ4v) is 5.26. The molecule has 2 aromatic carbocycles. The van der Waals surface area contributed by atoms with Gasteiger partial charge < -0.3 is 4.74 Å². The maximum atomic E-state index is 6.02. The Morgan fingerprint density at radius 1 is 0.800 bits per heavy atom. The highest BCUT2D eigenvalue weighted by atomic mass is 16.5. The average molecular weight is 408 g/mol. The molecule has 0 amide bonds. The fourth-order valence-electron chi connectivity index (χ4n) is 5.26. The molecule has 0 saturated carbocycles. The van der Waals surface area contributed by atoms with Gasteiger partial charge in [-0.2, -0.15) is 0 Å². The minimum Gasteiger partial charge on any atom is -0.377 e. The van der Waals surface area contributed by atoms with Gasteiger partial charge in [-0.25, -0.2) is 0 Å². The summed E-state index contributed by atoms with van der Waals surface area (Å²) >= 11 is 0. The smallest absolute Gasteiger partial charge is 0.0716 e. The van der Waals surface area contributed by atoms with Crippen molar-refractivity contribution < 1.29 is 4.74 Å². The van der Waals surface area contributed by atoms with Gasteiger partial charge in [-0.3, -0.25) is 4.90 Å². The molecule has 1 fully saturated rings. The third-order valence-corrected chi connectivity index (χ3v) is 6.70. The second kappa shape index (κ2) is 12.9. The highest BCUT2D eigenvalue weighted by Crippen LogP contribution is 2.36. The Balaban J connectivity index is 1.61. The molecule has 0 N–H and O–H groups in total. The highest BCUT2D eigenvalue weighted by molar-refractivity contribution is 5.15. The van der Waals surface area contributed by atoms with Crippen LogP contribution in [0.1, 0.15) is 76.3 Å². The van der Waals surface area contributed by atoms with Crippen LogP contribution in [0, 0.1) is 5.92 Å². The van der Waals surface area contributed by atoms with E-state index in [1.54, 1.807) is 0 Å². The van der Waals surface area contributed by atoms with E-state index in [9.17, 15) is 0 Å². The van der Waals surface area contributed by atoms with E-state index in [0.717, 1.165) is 38.1 Å². The lowest BCUT2D eigenvalue weighted by Gasteiger charge is -2.47. The van der Waals surface area contributed by atoms with E-state index in [1.807, 2.05) is 0 Å². The molecule has 0 unspecified atom stereocenters. The third-order valence-electron chi connectivity index (χ3n) is 6.70. The zero-order valence-corrected chi connectivity index (χ0v) is 19.1. The number of piperidine rings is 1. The average Bonchev–Trinajstić information content (AvgIpc) is 2.78. The Labute approximate surface area is 184 Å². The minimum absolute atomic E-state index is 0.691. The van der Waals surface area contributed by atoms with Crippen molar-refractivity contribution in [3.8, 4) is 0 Å². The number of ether oxygens (including phenoxy) is 1. The molecule has 164 valence electrons. The van der Waals surface area contributed by atoms with Crippen molar-refractivity contribution in [3.05, 3.63) is 71.8 Å². The van der Waals surface area contributed by atoms with Crippen LogP contribution in [0.2, 0.25) is 0 Å². The van der Waals surface area contributed by atoms with E-state index in [2.05, 4.69) is 79.4 Å². The molecule has 0 aromatic heterocycles. The molecule has 3 rings (SSSR count). The van der Waals surface area contributed by atoms with E-state index in [0.29, 0.717) is 6.04 Å². The van der Waals surface area contributed by atoms with Gasteiger partial charge in [-0.1, -0.05) is 87.4 Å². The van der Waals surface area contributed by atoms with Gasteiger partial charge in [0.15, 0.2) is 0 Å². The quantitative estimate of drug-likeness (QED) is 0.344. The standard InChI is InChI=1S/C28H41NO/c1-3-12-26-19-20-27(13-4-2)29(22-24-14-7-5-8-15-24)28(26)18-11-21-30-23-25-16-9-6-10-17-25/h5-10,14-17,26-28H,3-4,11-13,18-23H2,1-2H3/t26-,27-,28+/m1/s1. The molecular weight excluding hydrogens is 366 g/mol. The van der Waals surface area contributed by atoms with Crippen molar-refractivity contribution in [3.63, 3.8) is 0 Å². The summed E-state index contributed by atoms with van der Waals surface area (Å²) < 4.78 is 6.02. The summed E-state index contributed by atoms with van der Waals surface area (Å²) in [7, 11) is 0. The lowest BCUT2D eigenvalue weighted by atomic mass is 9.79. The molecule has 3 atom stereocenters. The predicted molar refractivity (Wildman–Crippen MR) is 127 cm³/mol. The SMILES string of the molecule is CCC[C@@H]1CC[C@@H](CCC)N(Cc2ccccc2)[C@H]1CCCOCc1ccccc1. The topological polar surface area (TPSA) is 12.5 Å². The van der Waals surface area contributed by atoms with Gasteiger partial charge in [0.25, 0.3) is 0 Å². The van der Waals surface area contributed by atoms with Crippen molar-refractivity contribution in [2.24, 2.45) is 5.92 Å². The van der Waals surface area contributed by atoms with Gasteiger partial charge in [0.05, 0.1) is 6.61 Å². The summed E-state index contributed by atoms with van der Waals surface area (Å²) in [6.45, 7) is 7.38. The van der Waals surface area contributed by atoms with E-state index in [1.165, 1.54) is 56.1 Å². The van der Waals surface area contributed by atoms with E-state index < -0.39 is 0 Å². The van der Waals surface area contributed by atoms with Gasteiger partial charge in [0, 0.05) is 25.2 Å². The number of rotatable bonds is 12. The maximum absolute atomic E-state index is 6.02. The Kier molecular flexibility index (Phi) is 9.92. The molecule has 0 spiro atoms. The largest absolute Gasteiger partial charge is 0.377 e. The van der Waals surface area contributed by atoms with Crippen LogP contribution in [-0.4, -0.2) is 23.6 Å². The van der Waals surface area contributed by atoms with Crippen molar-refractivity contribution in [1.82, 2.24) is 4.90 Å². The van der Waals surface area contributed by atoms with Crippen molar-refractivity contribution in [2.45, 2.75) is 90.4 Å². The first kappa shape index (κ1) is 23.0. The molecule has 30 heavy (non-hydrogen) atoms. The first-order chi connectivity index (χ1) is 14.8. The molecule has 1 aliphatic heterocycles. The summed E-state index contributed by atoms with van der Waals surface area (Å²) in [5.41, 5.74) is 2.73. The van der Waals surface area contributed by atoms with Crippen molar-refractivity contribution in [2.75, 3.05) is 6.61 Å². The van der Waals surface area contributed by atoms with Crippen LogP contribution >= 0.6 is 0 Å². The van der Waals surface area contributed by atoms with Gasteiger partial charge in [0.2, 0.25) is 0 Å². The first-order valence-corrected chi connectivity index (χ1v) is 12.2. The lowest BCUT2D eigenvalue weighted by Crippen LogP contribution is -2.50. The van der Waals surface area contributed by atoms with Gasteiger partial charge >= 0.3 is 0 Å². The van der Waals surface area contributed by atoms with Crippen LogP contribution in [0.15, 0.2) is 60.7 Å². The van der Waals surface area contributed by atoms with Crippen LogP contribution in [0.5, 0.6) is 0 Å². The third kappa shape index (κ3) is 6.96.